The number of aryl methyl sites for hydroxylation is 1. The van der Waals surface area contributed by atoms with Crippen molar-refractivity contribution < 1.29 is 9.53 Å². The van der Waals surface area contributed by atoms with Gasteiger partial charge in [-0.2, -0.15) is 0 Å². The van der Waals surface area contributed by atoms with Crippen LogP contribution in [0.1, 0.15) is 24.6 Å². The molecule has 3 aromatic rings. The lowest BCUT2D eigenvalue weighted by Gasteiger charge is -2.35. The molecular weight excluding hydrogens is 340 g/mol. The van der Waals surface area contributed by atoms with Gasteiger partial charge in [0.25, 0.3) is 5.91 Å². The van der Waals surface area contributed by atoms with Crippen LogP contribution in [0.25, 0.3) is 5.65 Å². The summed E-state index contributed by atoms with van der Waals surface area (Å²) in [5, 5.41) is 2.94. The Morgan fingerprint density at radius 1 is 1.30 bits per heavy atom. The van der Waals surface area contributed by atoms with E-state index in [0.717, 1.165) is 34.8 Å². The van der Waals surface area contributed by atoms with E-state index in [1.165, 1.54) is 0 Å². The summed E-state index contributed by atoms with van der Waals surface area (Å²) in [6, 6.07) is 12.0. The van der Waals surface area contributed by atoms with Gasteiger partial charge in [-0.25, -0.2) is 4.98 Å². The van der Waals surface area contributed by atoms with Gasteiger partial charge >= 0.3 is 0 Å². The third-order valence-electron chi connectivity index (χ3n) is 4.86. The second kappa shape index (κ2) is 7.31. The molecule has 0 saturated carbocycles. The van der Waals surface area contributed by atoms with E-state index in [4.69, 9.17) is 4.74 Å². The molecular formula is C21H24N4O2. The molecule has 1 amide bonds. The molecule has 6 nitrogen and oxygen atoms in total. The predicted molar refractivity (Wildman–Crippen MR) is 105 cm³/mol. The molecule has 1 aliphatic heterocycles. The quantitative estimate of drug-likeness (QED) is 0.756. The fourth-order valence-electron chi connectivity index (χ4n) is 3.47. The Labute approximate surface area is 158 Å². The van der Waals surface area contributed by atoms with Crippen LogP contribution < -0.4 is 15.0 Å². The number of ether oxygens (including phenoxy) is 1. The minimum Gasteiger partial charge on any atom is -0.477 e. The van der Waals surface area contributed by atoms with E-state index in [-0.39, 0.29) is 5.91 Å². The summed E-state index contributed by atoms with van der Waals surface area (Å²) in [6.45, 7) is 5.92. The van der Waals surface area contributed by atoms with Crippen LogP contribution in [-0.2, 0) is 11.3 Å². The number of carbonyl (C=O) groups excluding carboxylic acids is 1. The van der Waals surface area contributed by atoms with E-state index >= 15 is 0 Å². The SMILES string of the molecule is CCCNC(=O)C1CN(Cc2cnc3c(C)cccn23)c2ccccc2O1. The molecule has 1 aromatic carbocycles. The van der Waals surface area contributed by atoms with E-state index < -0.39 is 6.10 Å². The normalized spacial score (nSPS) is 16.1. The second-order valence-corrected chi connectivity index (χ2v) is 6.88. The number of hydrogen-bond donors (Lipinski definition) is 1. The van der Waals surface area contributed by atoms with Gasteiger partial charge in [0, 0.05) is 12.7 Å². The van der Waals surface area contributed by atoms with Crippen molar-refractivity contribution in [2.45, 2.75) is 32.9 Å². The van der Waals surface area contributed by atoms with E-state index in [1.54, 1.807) is 0 Å². The number of benzene rings is 1. The highest BCUT2D eigenvalue weighted by Crippen LogP contribution is 2.34. The number of rotatable bonds is 5. The van der Waals surface area contributed by atoms with Gasteiger partial charge in [-0.05, 0) is 37.1 Å². The minimum absolute atomic E-state index is 0.0645. The molecule has 1 aliphatic rings. The molecule has 6 heteroatoms. The van der Waals surface area contributed by atoms with Gasteiger partial charge in [-0.1, -0.05) is 25.1 Å². The average molecular weight is 364 g/mol. The molecule has 2 aromatic heterocycles. The van der Waals surface area contributed by atoms with Crippen molar-refractivity contribution in [3.63, 3.8) is 0 Å². The number of para-hydroxylation sites is 2. The molecule has 4 rings (SSSR count). The van der Waals surface area contributed by atoms with Crippen LogP contribution in [0, 0.1) is 6.92 Å². The molecule has 3 heterocycles. The van der Waals surface area contributed by atoms with E-state index in [9.17, 15) is 4.79 Å². The molecule has 0 spiro atoms. The summed E-state index contributed by atoms with van der Waals surface area (Å²) >= 11 is 0. The van der Waals surface area contributed by atoms with Gasteiger partial charge < -0.3 is 19.4 Å². The molecule has 0 radical (unpaired) electrons. The minimum atomic E-state index is -0.521. The van der Waals surface area contributed by atoms with Crippen LogP contribution in [0.5, 0.6) is 5.75 Å². The average Bonchev–Trinajstić information content (AvgIpc) is 3.10. The zero-order valence-corrected chi connectivity index (χ0v) is 15.7. The molecule has 1 N–H and O–H groups in total. The molecule has 0 fully saturated rings. The Morgan fingerprint density at radius 3 is 3.00 bits per heavy atom. The van der Waals surface area contributed by atoms with E-state index in [1.807, 2.05) is 49.6 Å². The number of imidazole rings is 1. The maximum Gasteiger partial charge on any atom is 0.262 e. The smallest absolute Gasteiger partial charge is 0.262 e. The molecule has 27 heavy (non-hydrogen) atoms. The first kappa shape index (κ1) is 17.4. The Hall–Kier alpha value is -3.02. The van der Waals surface area contributed by atoms with Gasteiger partial charge in [0.1, 0.15) is 11.4 Å². The molecule has 0 bridgehead atoms. The highest BCUT2D eigenvalue weighted by Gasteiger charge is 2.30. The first-order valence-electron chi connectivity index (χ1n) is 9.37. The number of amides is 1. The number of nitrogens with one attached hydrogen (secondary N) is 1. The summed E-state index contributed by atoms with van der Waals surface area (Å²) in [4.78, 5) is 19.2. The molecule has 1 unspecified atom stereocenters. The van der Waals surface area contributed by atoms with Crippen molar-refractivity contribution in [1.82, 2.24) is 14.7 Å². The lowest BCUT2D eigenvalue weighted by atomic mass is 10.1. The highest BCUT2D eigenvalue weighted by molar-refractivity contribution is 5.83. The van der Waals surface area contributed by atoms with Crippen LogP contribution in [0.4, 0.5) is 5.69 Å². The zero-order valence-electron chi connectivity index (χ0n) is 15.7. The van der Waals surface area contributed by atoms with Gasteiger partial charge in [0.15, 0.2) is 6.10 Å². The van der Waals surface area contributed by atoms with Crippen LogP contribution >= 0.6 is 0 Å². The number of hydrogen-bond acceptors (Lipinski definition) is 4. The predicted octanol–water partition coefficient (Wildman–Crippen LogP) is 2.94. The fraction of sp³-hybridized carbons (Fsp3) is 0.333. The molecule has 0 aliphatic carbocycles. The second-order valence-electron chi connectivity index (χ2n) is 6.88. The number of pyridine rings is 1. The van der Waals surface area contributed by atoms with E-state index in [0.29, 0.717) is 19.6 Å². The summed E-state index contributed by atoms with van der Waals surface area (Å²) in [5.74, 6) is 0.677. The number of carbonyl (C=O) groups is 1. The first-order chi connectivity index (χ1) is 13.2. The summed E-state index contributed by atoms with van der Waals surface area (Å²) < 4.78 is 8.08. The lowest BCUT2D eigenvalue weighted by Crippen LogP contribution is -2.49. The Balaban J connectivity index is 1.63. The van der Waals surface area contributed by atoms with Gasteiger partial charge in [-0.3, -0.25) is 4.79 Å². The van der Waals surface area contributed by atoms with Crippen molar-refractivity contribution in [1.29, 1.82) is 0 Å². The summed E-state index contributed by atoms with van der Waals surface area (Å²) in [7, 11) is 0. The number of nitrogens with zero attached hydrogens (tertiary/aromatic N) is 3. The van der Waals surface area contributed by atoms with Crippen molar-refractivity contribution in [2.75, 3.05) is 18.0 Å². The zero-order chi connectivity index (χ0) is 18.8. The molecule has 140 valence electrons. The number of fused-ring (bicyclic) bond motifs is 2. The first-order valence-corrected chi connectivity index (χ1v) is 9.37. The van der Waals surface area contributed by atoms with Crippen molar-refractivity contribution in [3.05, 3.63) is 60.0 Å². The van der Waals surface area contributed by atoms with Crippen LogP contribution in [-0.4, -0.2) is 34.5 Å². The van der Waals surface area contributed by atoms with Crippen molar-refractivity contribution >= 4 is 17.2 Å². The Morgan fingerprint density at radius 2 is 2.15 bits per heavy atom. The fourth-order valence-corrected chi connectivity index (χ4v) is 3.47. The van der Waals surface area contributed by atoms with E-state index in [2.05, 4.69) is 32.6 Å². The summed E-state index contributed by atoms with van der Waals surface area (Å²) in [6.07, 6.45) is 4.32. The van der Waals surface area contributed by atoms with Crippen LogP contribution in [0.2, 0.25) is 0 Å². The maximum atomic E-state index is 12.5. The summed E-state index contributed by atoms with van der Waals surface area (Å²) in [5.41, 5.74) is 4.19. The highest BCUT2D eigenvalue weighted by atomic mass is 16.5. The Kier molecular flexibility index (Phi) is 4.71. The maximum absolute atomic E-state index is 12.5. The van der Waals surface area contributed by atoms with Crippen LogP contribution in [0.3, 0.4) is 0 Å². The number of anilines is 1. The third-order valence-corrected chi connectivity index (χ3v) is 4.86. The van der Waals surface area contributed by atoms with Gasteiger partial charge in [0.05, 0.1) is 30.7 Å². The van der Waals surface area contributed by atoms with Crippen molar-refractivity contribution in [3.8, 4) is 5.75 Å². The van der Waals surface area contributed by atoms with Crippen LogP contribution in [0.15, 0.2) is 48.8 Å². The lowest BCUT2D eigenvalue weighted by molar-refractivity contribution is -0.127. The monoisotopic (exact) mass is 364 g/mol. The Bertz CT molecular complexity index is 966. The standard InChI is InChI=1S/C21H24N4O2/c1-3-10-22-21(26)19-14-24(17-8-4-5-9-18(17)27-19)13-16-12-23-20-15(2)7-6-11-25(16)20/h4-9,11-12,19H,3,10,13-14H2,1-2H3,(H,22,26). The van der Waals surface area contributed by atoms with Gasteiger partial charge in [0.2, 0.25) is 0 Å². The largest absolute Gasteiger partial charge is 0.477 e. The third kappa shape index (κ3) is 3.35. The molecule has 0 saturated heterocycles. The number of aromatic nitrogens is 2. The van der Waals surface area contributed by atoms with Crippen molar-refractivity contribution in [2.24, 2.45) is 0 Å². The topological polar surface area (TPSA) is 58.9 Å². The van der Waals surface area contributed by atoms with Gasteiger partial charge in [-0.15, -0.1) is 0 Å². The molecule has 1 atom stereocenters.